The zero-order valence-electron chi connectivity index (χ0n) is 13.6. The van der Waals surface area contributed by atoms with Crippen molar-refractivity contribution in [2.24, 2.45) is 0 Å². The molecular weight excluding hydrogens is 302 g/mol. The van der Waals surface area contributed by atoms with Crippen molar-refractivity contribution in [2.45, 2.75) is 26.0 Å². The predicted octanol–water partition coefficient (Wildman–Crippen LogP) is 3.12. The third-order valence-electron chi connectivity index (χ3n) is 3.91. The monoisotopic (exact) mass is 323 g/mol. The minimum Gasteiger partial charge on any atom is -0.421 e. The highest BCUT2D eigenvalue weighted by Crippen LogP contribution is 2.17. The van der Waals surface area contributed by atoms with Crippen molar-refractivity contribution >= 4 is 0 Å². The number of benzene rings is 2. The molecule has 2 aromatic carbocycles. The fourth-order valence-electron chi connectivity index (χ4n) is 2.53. The number of nitrogens with one attached hydrogen (secondary N) is 1. The summed E-state index contributed by atoms with van der Waals surface area (Å²) in [7, 11) is 0. The maximum atomic E-state index is 9.22. The van der Waals surface area contributed by atoms with Crippen LogP contribution in [0.3, 0.4) is 0 Å². The van der Waals surface area contributed by atoms with Gasteiger partial charge in [0, 0.05) is 24.6 Å². The third-order valence-corrected chi connectivity index (χ3v) is 3.91. The molecule has 3 rings (SSSR count). The zero-order chi connectivity index (χ0) is 16.8. The summed E-state index contributed by atoms with van der Waals surface area (Å²) in [6, 6.07) is 17.9. The number of hydrogen-bond donors (Lipinski definition) is 2. The van der Waals surface area contributed by atoms with E-state index in [1.165, 1.54) is 0 Å². The number of rotatable bonds is 7. The van der Waals surface area contributed by atoms with Crippen molar-refractivity contribution < 1.29 is 9.52 Å². The summed E-state index contributed by atoms with van der Waals surface area (Å²) < 4.78 is 5.70. The van der Waals surface area contributed by atoms with Crippen LogP contribution in [-0.2, 0) is 13.0 Å². The van der Waals surface area contributed by atoms with E-state index in [0.29, 0.717) is 18.2 Å². The van der Waals surface area contributed by atoms with E-state index in [1.807, 2.05) is 48.5 Å². The van der Waals surface area contributed by atoms with Crippen LogP contribution in [0, 0.1) is 0 Å². The average molecular weight is 323 g/mol. The highest BCUT2D eigenvalue weighted by molar-refractivity contribution is 5.51. The third kappa shape index (κ3) is 4.07. The minimum atomic E-state index is 0.0603. The van der Waals surface area contributed by atoms with Crippen molar-refractivity contribution in [2.75, 3.05) is 6.54 Å². The normalized spacial score (nSPS) is 12.2. The number of aromatic nitrogens is 2. The van der Waals surface area contributed by atoms with Gasteiger partial charge in [-0.3, -0.25) is 0 Å². The molecule has 0 fully saturated rings. The second-order valence-corrected chi connectivity index (χ2v) is 5.70. The van der Waals surface area contributed by atoms with Crippen LogP contribution in [0.5, 0.6) is 0 Å². The van der Waals surface area contributed by atoms with Gasteiger partial charge in [0.25, 0.3) is 0 Å². The van der Waals surface area contributed by atoms with Crippen molar-refractivity contribution in [1.29, 1.82) is 0 Å². The van der Waals surface area contributed by atoms with Crippen LogP contribution in [0.1, 0.15) is 30.0 Å². The van der Waals surface area contributed by atoms with Gasteiger partial charge in [-0.25, -0.2) is 0 Å². The predicted molar refractivity (Wildman–Crippen MR) is 92.2 cm³/mol. The number of aliphatic hydroxyl groups is 1. The molecule has 0 aliphatic carbocycles. The zero-order valence-corrected chi connectivity index (χ0v) is 13.6. The smallest absolute Gasteiger partial charge is 0.247 e. The molecule has 124 valence electrons. The molecule has 0 saturated carbocycles. The maximum absolute atomic E-state index is 9.22. The molecule has 1 heterocycles. The van der Waals surface area contributed by atoms with Crippen LogP contribution in [-0.4, -0.2) is 21.8 Å². The molecule has 1 atom stereocenters. The average Bonchev–Trinajstić information content (AvgIpc) is 3.11. The van der Waals surface area contributed by atoms with Crippen LogP contribution >= 0.6 is 0 Å². The first-order valence-electron chi connectivity index (χ1n) is 8.07. The SMILES string of the molecule is CC(NCCc1nnc(-c2ccccc2)o1)c1cccc(CO)c1. The molecule has 24 heavy (non-hydrogen) atoms. The van der Waals surface area contributed by atoms with Crippen molar-refractivity contribution in [3.05, 3.63) is 71.6 Å². The number of nitrogens with zero attached hydrogens (tertiary/aromatic N) is 2. The largest absolute Gasteiger partial charge is 0.421 e. The molecule has 0 spiro atoms. The summed E-state index contributed by atoms with van der Waals surface area (Å²) in [4.78, 5) is 0. The van der Waals surface area contributed by atoms with Crippen LogP contribution in [0.25, 0.3) is 11.5 Å². The molecule has 0 aliphatic rings. The van der Waals surface area contributed by atoms with Crippen LogP contribution in [0.15, 0.2) is 59.0 Å². The summed E-state index contributed by atoms with van der Waals surface area (Å²) in [6.45, 7) is 2.89. The summed E-state index contributed by atoms with van der Waals surface area (Å²) in [5.74, 6) is 1.17. The van der Waals surface area contributed by atoms with Gasteiger partial charge in [0.1, 0.15) is 0 Å². The lowest BCUT2D eigenvalue weighted by molar-refractivity contribution is 0.281. The first-order chi connectivity index (χ1) is 11.8. The molecule has 2 N–H and O–H groups in total. The first-order valence-corrected chi connectivity index (χ1v) is 8.07. The molecule has 0 radical (unpaired) electrons. The summed E-state index contributed by atoms with van der Waals surface area (Å²) in [6.07, 6.45) is 0.671. The second-order valence-electron chi connectivity index (χ2n) is 5.70. The standard InChI is InChI=1S/C19H21N3O2/c1-14(17-9-5-6-15(12-17)13-23)20-11-10-18-21-22-19(24-18)16-7-3-2-4-8-16/h2-9,12,14,20,23H,10-11,13H2,1H3. The molecule has 5 heteroatoms. The lowest BCUT2D eigenvalue weighted by Crippen LogP contribution is -2.21. The fourth-order valence-corrected chi connectivity index (χ4v) is 2.53. The van der Waals surface area contributed by atoms with E-state index in [-0.39, 0.29) is 12.6 Å². The minimum absolute atomic E-state index is 0.0603. The van der Waals surface area contributed by atoms with Crippen LogP contribution < -0.4 is 5.32 Å². The van der Waals surface area contributed by atoms with Crippen LogP contribution in [0.4, 0.5) is 0 Å². The molecule has 0 saturated heterocycles. The first kappa shape index (κ1) is 16.4. The molecule has 5 nitrogen and oxygen atoms in total. The molecule has 1 unspecified atom stereocenters. The molecule has 1 aromatic heterocycles. The van der Waals surface area contributed by atoms with E-state index in [2.05, 4.69) is 28.5 Å². The van der Waals surface area contributed by atoms with Crippen LogP contribution in [0.2, 0.25) is 0 Å². The van der Waals surface area contributed by atoms with Crippen molar-refractivity contribution in [3.63, 3.8) is 0 Å². The molecule has 0 amide bonds. The van der Waals surface area contributed by atoms with E-state index in [1.54, 1.807) is 0 Å². The van der Waals surface area contributed by atoms with Crippen molar-refractivity contribution in [1.82, 2.24) is 15.5 Å². The van der Waals surface area contributed by atoms with Gasteiger partial charge in [0.05, 0.1) is 6.61 Å². The summed E-state index contributed by atoms with van der Waals surface area (Å²) in [5, 5.41) is 20.8. The molecule has 0 aliphatic heterocycles. The van der Waals surface area contributed by atoms with E-state index < -0.39 is 0 Å². The maximum Gasteiger partial charge on any atom is 0.247 e. The van der Waals surface area contributed by atoms with Gasteiger partial charge in [0.15, 0.2) is 0 Å². The lowest BCUT2D eigenvalue weighted by atomic mass is 10.1. The highest BCUT2D eigenvalue weighted by Gasteiger charge is 2.09. The van der Waals surface area contributed by atoms with E-state index in [9.17, 15) is 5.11 Å². The Hall–Kier alpha value is -2.50. The molecule has 0 bridgehead atoms. The van der Waals surface area contributed by atoms with Gasteiger partial charge >= 0.3 is 0 Å². The van der Waals surface area contributed by atoms with E-state index in [0.717, 1.165) is 23.2 Å². The Kier molecular flexibility index (Phi) is 5.36. The Balaban J connectivity index is 1.54. The van der Waals surface area contributed by atoms with Gasteiger partial charge in [-0.05, 0) is 30.2 Å². The van der Waals surface area contributed by atoms with Gasteiger partial charge in [-0.15, -0.1) is 10.2 Å². The Bertz CT molecular complexity index is 771. The lowest BCUT2D eigenvalue weighted by Gasteiger charge is -2.14. The number of aliphatic hydroxyl groups excluding tert-OH is 1. The van der Waals surface area contributed by atoms with E-state index in [4.69, 9.17) is 4.42 Å². The summed E-state index contributed by atoms with van der Waals surface area (Å²) >= 11 is 0. The Labute approximate surface area is 141 Å². The Morgan fingerprint density at radius 2 is 1.92 bits per heavy atom. The Morgan fingerprint density at radius 1 is 1.08 bits per heavy atom. The van der Waals surface area contributed by atoms with E-state index >= 15 is 0 Å². The fraction of sp³-hybridized carbons (Fsp3) is 0.263. The second kappa shape index (κ2) is 7.86. The van der Waals surface area contributed by atoms with Gasteiger partial charge in [0.2, 0.25) is 11.8 Å². The van der Waals surface area contributed by atoms with Crippen molar-refractivity contribution in [3.8, 4) is 11.5 Å². The molecular formula is C19H21N3O2. The highest BCUT2D eigenvalue weighted by atomic mass is 16.4. The molecule has 3 aromatic rings. The van der Waals surface area contributed by atoms with Gasteiger partial charge in [-0.1, -0.05) is 42.5 Å². The quantitative estimate of drug-likeness (QED) is 0.699. The van der Waals surface area contributed by atoms with Gasteiger partial charge in [-0.2, -0.15) is 0 Å². The summed E-state index contributed by atoms with van der Waals surface area (Å²) in [5.41, 5.74) is 3.00. The topological polar surface area (TPSA) is 71.2 Å². The Morgan fingerprint density at radius 3 is 2.71 bits per heavy atom. The van der Waals surface area contributed by atoms with Gasteiger partial charge < -0.3 is 14.8 Å². The number of hydrogen-bond acceptors (Lipinski definition) is 5.